The van der Waals surface area contributed by atoms with Crippen LogP contribution in [0.15, 0.2) is 58.7 Å². The lowest BCUT2D eigenvalue weighted by atomic mass is 10.0. The smallest absolute Gasteiger partial charge is 0.282 e. The second-order valence-corrected chi connectivity index (χ2v) is 6.34. The zero-order valence-corrected chi connectivity index (χ0v) is 16.7. The van der Waals surface area contributed by atoms with Crippen LogP contribution >= 0.6 is 0 Å². The number of imide groups is 1. The molecule has 5 N–H and O–H groups in total. The number of ether oxygens (including phenoxy) is 2. The second kappa shape index (κ2) is 8.95. The number of hydrogen-bond donors (Lipinski definition) is 3. The van der Waals surface area contributed by atoms with Crippen LogP contribution in [-0.2, 0) is 14.4 Å². The molecule has 1 unspecified atom stereocenters. The first-order chi connectivity index (χ1) is 14.8. The molecule has 160 valence electrons. The summed E-state index contributed by atoms with van der Waals surface area (Å²) in [4.78, 5) is 39.7. The van der Waals surface area contributed by atoms with Crippen molar-refractivity contribution in [3.8, 4) is 11.5 Å². The third-order valence-corrected chi connectivity index (χ3v) is 4.39. The average molecular weight is 424 g/mol. The topological polar surface area (TPSA) is 162 Å². The molecule has 0 aromatic heterocycles. The fraction of sp³-hybridized carbons (Fsp3) is 0.150. The summed E-state index contributed by atoms with van der Waals surface area (Å²) in [6.07, 6.45) is 0. The Bertz CT molecular complexity index is 1060. The molecule has 3 amide bonds. The third kappa shape index (κ3) is 4.45. The molecule has 1 atom stereocenters. The molecule has 2 aromatic rings. The molecule has 0 spiro atoms. The second-order valence-electron chi connectivity index (χ2n) is 6.34. The average Bonchev–Trinajstić information content (AvgIpc) is 3.02. The molecule has 3 rings (SSSR count). The molecular formula is C20H20N6O5. The molecule has 31 heavy (non-hydrogen) atoms. The first-order valence-corrected chi connectivity index (χ1v) is 8.99. The molecule has 0 radical (unpaired) electrons. The lowest BCUT2D eigenvalue weighted by Crippen LogP contribution is -2.34. The molecule has 0 aliphatic carbocycles. The van der Waals surface area contributed by atoms with Crippen LogP contribution < -0.4 is 31.2 Å². The molecule has 0 saturated carbocycles. The molecule has 1 aliphatic heterocycles. The van der Waals surface area contributed by atoms with E-state index in [-0.39, 0.29) is 5.69 Å². The Hall–Kier alpha value is -4.41. The van der Waals surface area contributed by atoms with Gasteiger partial charge in [0.25, 0.3) is 11.8 Å². The molecule has 1 fully saturated rings. The van der Waals surface area contributed by atoms with E-state index in [1.807, 2.05) is 0 Å². The zero-order valence-electron chi connectivity index (χ0n) is 16.7. The Kier molecular flexibility index (Phi) is 6.15. The molecule has 0 bridgehead atoms. The van der Waals surface area contributed by atoms with E-state index in [4.69, 9.17) is 20.9 Å². The molecule has 11 nitrogen and oxygen atoms in total. The minimum Gasteiger partial charge on any atom is -0.497 e. The van der Waals surface area contributed by atoms with Gasteiger partial charge in [0.1, 0.15) is 11.5 Å². The minimum atomic E-state index is -1.54. The van der Waals surface area contributed by atoms with Gasteiger partial charge in [0.2, 0.25) is 11.9 Å². The van der Waals surface area contributed by atoms with E-state index in [0.717, 1.165) is 4.90 Å². The third-order valence-electron chi connectivity index (χ3n) is 4.39. The lowest BCUT2D eigenvalue weighted by Gasteiger charge is -2.14. The van der Waals surface area contributed by atoms with E-state index >= 15 is 0 Å². The summed E-state index contributed by atoms with van der Waals surface area (Å²) in [6, 6.07) is 12.6. The van der Waals surface area contributed by atoms with Crippen molar-refractivity contribution in [3.05, 3.63) is 48.5 Å². The van der Waals surface area contributed by atoms with E-state index in [1.54, 1.807) is 36.4 Å². The number of methoxy groups -OCH3 is 2. The molecule has 11 heteroatoms. The molecule has 1 aliphatic rings. The van der Waals surface area contributed by atoms with Crippen LogP contribution in [0, 0.1) is 5.92 Å². The van der Waals surface area contributed by atoms with Gasteiger partial charge in [-0.25, -0.2) is 4.90 Å². The van der Waals surface area contributed by atoms with Crippen molar-refractivity contribution in [2.75, 3.05) is 24.4 Å². The van der Waals surface area contributed by atoms with Gasteiger partial charge in [0.15, 0.2) is 11.6 Å². The van der Waals surface area contributed by atoms with E-state index in [1.165, 1.54) is 26.4 Å². The molecular weight excluding hydrogens is 404 g/mol. The van der Waals surface area contributed by atoms with Crippen LogP contribution in [0.4, 0.5) is 11.4 Å². The number of rotatable bonds is 6. The highest BCUT2D eigenvalue weighted by Crippen LogP contribution is 2.28. The van der Waals surface area contributed by atoms with Crippen LogP contribution in [0.25, 0.3) is 0 Å². The lowest BCUT2D eigenvalue weighted by molar-refractivity contribution is -0.127. The van der Waals surface area contributed by atoms with Crippen molar-refractivity contribution in [1.29, 1.82) is 0 Å². The highest BCUT2D eigenvalue weighted by molar-refractivity contribution is 6.61. The summed E-state index contributed by atoms with van der Waals surface area (Å²) in [6.45, 7) is 0. The van der Waals surface area contributed by atoms with Crippen molar-refractivity contribution >= 4 is 40.8 Å². The number of nitrogens with zero attached hydrogens (tertiary/aromatic N) is 3. The largest absolute Gasteiger partial charge is 0.497 e. The normalized spacial score (nSPS) is 16.9. The van der Waals surface area contributed by atoms with Gasteiger partial charge in [0, 0.05) is 5.69 Å². The predicted octanol–water partition coefficient (Wildman–Crippen LogP) is 0.461. The Morgan fingerprint density at radius 2 is 1.52 bits per heavy atom. The number of guanidine groups is 1. The highest BCUT2D eigenvalue weighted by atomic mass is 16.5. The first-order valence-electron chi connectivity index (χ1n) is 8.99. The van der Waals surface area contributed by atoms with Crippen LogP contribution in [0.5, 0.6) is 11.5 Å². The van der Waals surface area contributed by atoms with Crippen molar-refractivity contribution in [1.82, 2.24) is 0 Å². The first kappa shape index (κ1) is 21.3. The van der Waals surface area contributed by atoms with E-state index in [2.05, 4.69) is 15.5 Å². The van der Waals surface area contributed by atoms with Gasteiger partial charge in [-0.15, -0.1) is 10.2 Å². The van der Waals surface area contributed by atoms with Gasteiger partial charge in [-0.1, -0.05) is 0 Å². The van der Waals surface area contributed by atoms with Crippen molar-refractivity contribution in [2.45, 2.75) is 0 Å². The SMILES string of the molecule is COc1ccc(NC(=O)C2C(=O)N(c3ccc(OC)cc3)C(=O)/C2=N\N=C(N)N)cc1. The predicted molar refractivity (Wildman–Crippen MR) is 114 cm³/mol. The highest BCUT2D eigenvalue weighted by Gasteiger charge is 2.50. The van der Waals surface area contributed by atoms with E-state index in [9.17, 15) is 14.4 Å². The van der Waals surface area contributed by atoms with Crippen LogP contribution in [0.3, 0.4) is 0 Å². The maximum atomic E-state index is 13.1. The summed E-state index contributed by atoms with van der Waals surface area (Å²) >= 11 is 0. The zero-order chi connectivity index (χ0) is 22.5. The van der Waals surface area contributed by atoms with Crippen LogP contribution in [-0.4, -0.2) is 43.6 Å². The number of amides is 3. The maximum absolute atomic E-state index is 13.1. The summed E-state index contributed by atoms with van der Waals surface area (Å²) in [5.74, 6) is -3.20. The monoisotopic (exact) mass is 424 g/mol. The Morgan fingerprint density at radius 1 is 0.968 bits per heavy atom. The summed E-state index contributed by atoms with van der Waals surface area (Å²) < 4.78 is 10.2. The Morgan fingerprint density at radius 3 is 2.03 bits per heavy atom. The van der Waals surface area contributed by atoms with Crippen LogP contribution in [0.2, 0.25) is 0 Å². The molecule has 2 aromatic carbocycles. The summed E-state index contributed by atoms with van der Waals surface area (Å²) in [5, 5.41) is 9.71. The quantitative estimate of drug-likeness (QED) is 0.199. The Labute approximate surface area is 177 Å². The number of nitrogens with one attached hydrogen (secondary N) is 1. The number of carbonyl (C=O) groups excluding carboxylic acids is 3. The Balaban J connectivity index is 1.95. The van der Waals surface area contributed by atoms with Crippen LogP contribution in [0.1, 0.15) is 0 Å². The van der Waals surface area contributed by atoms with Gasteiger partial charge >= 0.3 is 0 Å². The van der Waals surface area contributed by atoms with Crippen molar-refractivity contribution < 1.29 is 23.9 Å². The minimum absolute atomic E-state index is 0.243. The van der Waals surface area contributed by atoms with E-state index < -0.39 is 35.3 Å². The number of benzene rings is 2. The number of hydrogen-bond acceptors (Lipinski definition) is 7. The fourth-order valence-electron chi connectivity index (χ4n) is 2.90. The standard InChI is InChI=1S/C20H20N6O5/c1-30-13-7-3-11(4-8-13)23-17(27)15-16(24-25-20(21)22)19(29)26(18(15)28)12-5-9-14(31-2)10-6-12/h3-10,15H,1-2H3,(H,23,27)(H4,21,22,25)/b24-16-. The van der Waals surface area contributed by atoms with Gasteiger partial charge < -0.3 is 26.3 Å². The van der Waals surface area contributed by atoms with Gasteiger partial charge in [0.05, 0.1) is 19.9 Å². The molecule has 1 heterocycles. The molecule has 1 saturated heterocycles. The van der Waals surface area contributed by atoms with Gasteiger partial charge in [-0.05, 0) is 48.5 Å². The number of carbonyl (C=O) groups is 3. The number of anilines is 2. The van der Waals surface area contributed by atoms with Gasteiger partial charge in [-0.3, -0.25) is 14.4 Å². The van der Waals surface area contributed by atoms with Crippen molar-refractivity contribution in [2.24, 2.45) is 27.6 Å². The van der Waals surface area contributed by atoms with E-state index in [0.29, 0.717) is 17.2 Å². The van der Waals surface area contributed by atoms with Crippen molar-refractivity contribution in [3.63, 3.8) is 0 Å². The fourth-order valence-corrected chi connectivity index (χ4v) is 2.90. The maximum Gasteiger partial charge on any atom is 0.282 e. The van der Waals surface area contributed by atoms with Gasteiger partial charge in [-0.2, -0.15) is 0 Å². The summed E-state index contributed by atoms with van der Waals surface area (Å²) in [5.41, 5.74) is 10.8. The summed E-state index contributed by atoms with van der Waals surface area (Å²) in [7, 11) is 3.00. The number of nitrogens with two attached hydrogens (primary N) is 2.